The number of nitrogens with one attached hydrogen (secondary N) is 1. The lowest BCUT2D eigenvalue weighted by Gasteiger charge is -2.14. The monoisotopic (exact) mass is 714 g/mol. The van der Waals surface area contributed by atoms with Crippen molar-refractivity contribution in [1.82, 2.24) is 4.98 Å². The number of amides is 1. The van der Waals surface area contributed by atoms with Gasteiger partial charge in [-0.05, 0) is 96.8 Å². The lowest BCUT2D eigenvalue weighted by atomic mass is 10.1. The Balaban J connectivity index is 1.25. The minimum Gasteiger partial charge on any atom is -0.480 e. The van der Waals surface area contributed by atoms with E-state index in [0.29, 0.717) is 32.3 Å². The zero-order valence-corrected chi connectivity index (χ0v) is 27.2. The smallest absolute Gasteiger partial charge is 0.416 e. The third-order valence-electron chi connectivity index (χ3n) is 7.02. The summed E-state index contributed by atoms with van der Waals surface area (Å²) in [6.07, 6.45) is -0.422. The number of hydrogen-bond acceptors (Lipinski definition) is 7. The highest BCUT2D eigenvalue weighted by molar-refractivity contribution is 7.91. The molecule has 5 rings (SSSR count). The van der Waals surface area contributed by atoms with Gasteiger partial charge in [0.15, 0.2) is 16.4 Å². The summed E-state index contributed by atoms with van der Waals surface area (Å²) in [6, 6.07) is 20.6. The number of carboxylic acid groups (broad SMARTS) is 1. The summed E-state index contributed by atoms with van der Waals surface area (Å²) in [5, 5.41) is 12.8. The van der Waals surface area contributed by atoms with Gasteiger partial charge in [0, 0.05) is 10.6 Å². The zero-order valence-electron chi connectivity index (χ0n) is 24.8. The molecule has 0 aliphatic rings. The Labute approximate surface area is 282 Å². The van der Waals surface area contributed by atoms with Crippen molar-refractivity contribution < 1.29 is 41.0 Å². The van der Waals surface area contributed by atoms with Crippen molar-refractivity contribution in [3.8, 4) is 5.75 Å². The number of benzene rings is 4. The van der Waals surface area contributed by atoms with Crippen LogP contribution in [0.2, 0.25) is 5.02 Å². The predicted octanol–water partition coefficient (Wildman–Crippen LogP) is 8.26. The fourth-order valence-corrected chi connectivity index (χ4v) is 6.91. The Morgan fingerprint density at radius 2 is 1.69 bits per heavy atom. The first-order valence-corrected chi connectivity index (χ1v) is 17.1. The van der Waals surface area contributed by atoms with E-state index in [1.807, 2.05) is 0 Å². The number of carbonyl (C=O) groups excluding carboxylic acids is 1. The molecule has 0 saturated carbocycles. The molecule has 0 unspecified atom stereocenters. The molecule has 4 aromatic carbocycles. The lowest BCUT2D eigenvalue weighted by Crippen LogP contribution is -2.15. The van der Waals surface area contributed by atoms with Crippen LogP contribution in [0.15, 0.2) is 89.8 Å². The van der Waals surface area contributed by atoms with Gasteiger partial charge in [-0.15, -0.1) is 11.3 Å². The van der Waals surface area contributed by atoms with Crippen LogP contribution in [0.4, 0.5) is 18.9 Å². The lowest BCUT2D eigenvalue weighted by molar-refractivity contribution is -0.139. The molecule has 0 bridgehead atoms. The zero-order chi connectivity index (χ0) is 34.5. The fourth-order valence-electron chi connectivity index (χ4n) is 4.62. The van der Waals surface area contributed by atoms with Crippen LogP contribution in [0.25, 0.3) is 22.4 Å². The van der Waals surface area contributed by atoms with E-state index >= 15 is 0 Å². The number of hydrogen-bond donors (Lipinski definition) is 2. The number of rotatable bonds is 12. The van der Waals surface area contributed by atoms with E-state index in [1.165, 1.54) is 47.7 Å². The second-order valence-electron chi connectivity index (χ2n) is 10.5. The molecule has 0 radical (unpaired) electrons. The molecule has 14 heteroatoms. The third kappa shape index (κ3) is 9.00. The number of nitrogens with zero attached hydrogens (tertiary/aromatic N) is 1. The van der Waals surface area contributed by atoms with Crippen molar-refractivity contribution in [1.29, 1.82) is 0 Å². The van der Waals surface area contributed by atoms with Crippen LogP contribution >= 0.6 is 22.9 Å². The summed E-state index contributed by atoms with van der Waals surface area (Å²) in [4.78, 5) is 28.7. The average Bonchev–Trinajstić information content (AvgIpc) is 3.46. The highest BCUT2D eigenvalue weighted by atomic mass is 35.5. The molecule has 1 aromatic heterocycles. The van der Waals surface area contributed by atoms with Gasteiger partial charge in [-0.3, -0.25) is 4.79 Å². The first-order chi connectivity index (χ1) is 22.8. The molecule has 5 aromatic rings. The summed E-state index contributed by atoms with van der Waals surface area (Å²) in [5.74, 6) is -1.70. The van der Waals surface area contributed by atoms with Crippen molar-refractivity contribution in [3.05, 3.63) is 117 Å². The SMILES string of the molecule is O=C(O)COc1ccc(CCCS(=O)(=O)c2ccc(Cl)cc2)cc1NC(=O)c1ccc(/C=C/c2nc3cc(C(F)(F)F)ccc3s2)cc1. The molecule has 248 valence electrons. The Morgan fingerprint density at radius 3 is 2.38 bits per heavy atom. The number of carboxylic acids is 1. The van der Waals surface area contributed by atoms with Crippen molar-refractivity contribution in [2.75, 3.05) is 17.7 Å². The van der Waals surface area contributed by atoms with Crippen LogP contribution in [0, 0.1) is 0 Å². The molecule has 1 heterocycles. The normalized spacial score (nSPS) is 12.0. The molecule has 48 heavy (non-hydrogen) atoms. The minimum atomic E-state index is -4.46. The van der Waals surface area contributed by atoms with Crippen LogP contribution in [0.5, 0.6) is 5.75 Å². The number of aliphatic carboxylic acids is 1. The molecule has 0 atom stereocenters. The van der Waals surface area contributed by atoms with E-state index < -0.39 is 40.1 Å². The van der Waals surface area contributed by atoms with Gasteiger partial charge in [0.25, 0.3) is 5.91 Å². The molecule has 1 amide bonds. The first-order valence-electron chi connectivity index (χ1n) is 14.3. The number of thiazole rings is 1. The van der Waals surface area contributed by atoms with E-state index in [4.69, 9.17) is 21.4 Å². The van der Waals surface area contributed by atoms with E-state index in [9.17, 15) is 31.2 Å². The van der Waals surface area contributed by atoms with Gasteiger partial charge < -0.3 is 15.2 Å². The highest BCUT2D eigenvalue weighted by Crippen LogP contribution is 2.33. The van der Waals surface area contributed by atoms with Gasteiger partial charge in [0.1, 0.15) is 10.8 Å². The molecule has 0 aliphatic carbocycles. The molecule has 0 fully saturated rings. The largest absolute Gasteiger partial charge is 0.480 e. The van der Waals surface area contributed by atoms with Gasteiger partial charge in [0.05, 0.1) is 32.1 Å². The Bertz CT molecular complexity index is 2100. The van der Waals surface area contributed by atoms with Crippen LogP contribution in [-0.4, -0.2) is 42.7 Å². The van der Waals surface area contributed by atoms with Crippen molar-refractivity contribution in [2.45, 2.75) is 23.9 Å². The number of ether oxygens (including phenoxy) is 1. The molecular formula is C34H26ClF3N2O6S2. The van der Waals surface area contributed by atoms with Gasteiger partial charge in [-0.2, -0.15) is 13.2 Å². The minimum absolute atomic E-state index is 0.119. The number of aryl methyl sites for hydroxylation is 1. The van der Waals surface area contributed by atoms with Crippen molar-refractivity contribution in [3.63, 3.8) is 0 Å². The van der Waals surface area contributed by atoms with Crippen molar-refractivity contribution in [2.24, 2.45) is 0 Å². The molecule has 0 aliphatic heterocycles. The number of carbonyl (C=O) groups is 2. The Morgan fingerprint density at radius 1 is 0.958 bits per heavy atom. The van der Waals surface area contributed by atoms with E-state index in [1.54, 1.807) is 48.6 Å². The topological polar surface area (TPSA) is 123 Å². The van der Waals surface area contributed by atoms with Crippen molar-refractivity contribution >= 4 is 72.7 Å². The third-order valence-corrected chi connectivity index (χ3v) is 10.1. The summed E-state index contributed by atoms with van der Waals surface area (Å²) in [6.45, 7) is -0.638. The van der Waals surface area contributed by atoms with Crippen LogP contribution < -0.4 is 10.1 Å². The second-order valence-corrected chi connectivity index (χ2v) is 14.1. The summed E-state index contributed by atoms with van der Waals surface area (Å²) >= 11 is 7.10. The van der Waals surface area contributed by atoms with Crippen LogP contribution in [0.1, 0.15) is 38.5 Å². The number of sulfone groups is 1. The quantitative estimate of drug-likeness (QED) is 0.133. The van der Waals surface area contributed by atoms with Gasteiger partial charge in [-0.1, -0.05) is 35.9 Å². The van der Waals surface area contributed by atoms with E-state index in [2.05, 4.69) is 10.3 Å². The second kappa shape index (κ2) is 14.6. The Hall–Kier alpha value is -4.72. The number of alkyl halides is 3. The molecule has 8 nitrogen and oxygen atoms in total. The molecular weight excluding hydrogens is 689 g/mol. The predicted molar refractivity (Wildman–Crippen MR) is 179 cm³/mol. The maximum atomic E-state index is 13.2. The Kier molecular flexibility index (Phi) is 10.5. The maximum absolute atomic E-state index is 13.2. The van der Waals surface area contributed by atoms with Gasteiger partial charge >= 0.3 is 12.1 Å². The van der Waals surface area contributed by atoms with Gasteiger partial charge in [-0.25, -0.2) is 18.2 Å². The molecule has 0 saturated heterocycles. The summed E-state index contributed by atoms with van der Waals surface area (Å²) < 4.78 is 70.5. The van der Waals surface area contributed by atoms with E-state index in [-0.39, 0.29) is 39.6 Å². The first kappa shape index (κ1) is 34.6. The average molecular weight is 715 g/mol. The summed E-state index contributed by atoms with van der Waals surface area (Å²) in [7, 11) is -3.54. The standard InChI is InChI=1S/C34H26ClF3N2O6S2/c35-25-10-12-26(13-11-25)48(44,45)17-1-2-22-5-14-29(46-20-32(41)42)27(18-22)40-33(43)23-7-3-21(4-8-23)6-16-31-39-28-19-24(34(36,37)38)9-15-30(28)47-31/h3-16,18-19H,1-2,17,20H2,(H,40,43)(H,41,42)/b16-6+. The molecule has 0 spiro atoms. The number of halogens is 4. The summed E-state index contributed by atoms with van der Waals surface area (Å²) in [5.41, 5.74) is 1.40. The van der Waals surface area contributed by atoms with E-state index in [0.717, 1.165) is 12.1 Å². The fraction of sp³-hybridized carbons (Fsp3) is 0.147. The van der Waals surface area contributed by atoms with Crippen LogP contribution in [0.3, 0.4) is 0 Å². The molecule has 2 N–H and O–H groups in total. The van der Waals surface area contributed by atoms with Crippen LogP contribution in [-0.2, 0) is 27.2 Å². The highest BCUT2D eigenvalue weighted by Gasteiger charge is 2.30. The van der Waals surface area contributed by atoms with Gasteiger partial charge in [0.2, 0.25) is 0 Å². The maximum Gasteiger partial charge on any atom is 0.416 e. The number of anilines is 1. The number of aromatic nitrogens is 1. The number of fused-ring (bicyclic) bond motifs is 1.